The van der Waals surface area contributed by atoms with E-state index in [1.54, 1.807) is 47.4 Å². The maximum atomic E-state index is 13.3. The van der Waals surface area contributed by atoms with E-state index >= 15 is 0 Å². The Morgan fingerprint density at radius 3 is 2.42 bits per heavy atom. The van der Waals surface area contributed by atoms with Gasteiger partial charge in [-0.15, -0.1) is 0 Å². The number of likely N-dealkylation sites (tertiary alicyclic amines) is 1. The normalized spacial score (nSPS) is 16.2. The molecule has 2 atom stereocenters. The summed E-state index contributed by atoms with van der Waals surface area (Å²) in [6, 6.07) is 18.4. The fourth-order valence-electron chi connectivity index (χ4n) is 4.45. The first kappa shape index (κ1) is 31.5. The van der Waals surface area contributed by atoms with E-state index in [9.17, 15) is 13.2 Å². The average molecular weight is 610 g/mol. The van der Waals surface area contributed by atoms with Gasteiger partial charge in [0.2, 0.25) is 15.9 Å². The van der Waals surface area contributed by atoms with E-state index in [0.717, 1.165) is 35.7 Å². The van der Waals surface area contributed by atoms with Gasteiger partial charge in [0.1, 0.15) is 6.04 Å². The molecule has 14 heteroatoms. The molecule has 1 saturated heterocycles. The highest BCUT2D eigenvalue weighted by Crippen LogP contribution is 2.20. The van der Waals surface area contributed by atoms with E-state index in [2.05, 4.69) is 10.0 Å². The van der Waals surface area contributed by atoms with E-state index in [0.29, 0.717) is 18.1 Å². The number of carbonyl (C=O) groups is 1. The van der Waals surface area contributed by atoms with Gasteiger partial charge in [-0.1, -0.05) is 54.1 Å². The van der Waals surface area contributed by atoms with Crippen LogP contribution in [0.5, 0.6) is 0 Å². The Labute approximate surface area is 240 Å². The molecule has 0 aliphatic carbocycles. The Hall–Kier alpha value is -3.07. The number of piperidine rings is 1. The van der Waals surface area contributed by atoms with Crippen LogP contribution in [0.15, 0.2) is 71.6 Å². The highest BCUT2D eigenvalue weighted by atomic mass is 35.5. The zero-order valence-corrected chi connectivity index (χ0v) is 23.9. The zero-order chi connectivity index (χ0) is 29.3. The number of nitrogens with two attached hydrogens (primary N) is 1. The van der Waals surface area contributed by atoms with Crippen LogP contribution in [0.1, 0.15) is 18.4 Å². The first-order valence-electron chi connectivity index (χ1n) is 12.4. The van der Waals surface area contributed by atoms with Crippen molar-refractivity contribution in [1.82, 2.24) is 14.9 Å². The molecule has 7 N–H and O–H groups in total. The molecule has 1 amide bonds. The van der Waals surface area contributed by atoms with Gasteiger partial charge >= 0.3 is 0 Å². The second kappa shape index (κ2) is 14.5. The van der Waals surface area contributed by atoms with Gasteiger partial charge in [-0.05, 0) is 65.8 Å². The quantitative estimate of drug-likeness (QED) is 0.128. The summed E-state index contributed by atoms with van der Waals surface area (Å²) >= 11 is 3.38. The van der Waals surface area contributed by atoms with Crippen molar-refractivity contribution in [3.05, 3.63) is 77.3 Å². The van der Waals surface area contributed by atoms with Crippen molar-refractivity contribution in [3.63, 3.8) is 0 Å². The van der Waals surface area contributed by atoms with Crippen molar-refractivity contribution in [3.8, 4) is 0 Å². The summed E-state index contributed by atoms with van der Waals surface area (Å²) < 4.78 is 52.1. The third kappa shape index (κ3) is 9.54. The van der Waals surface area contributed by atoms with Gasteiger partial charge < -0.3 is 16.0 Å². The van der Waals surface area contributed by atoms with Crippen LogP contribution in [-0.2, 0) is 32.6 Å². The predicted octanol–water partition coefficient (Wildman–Crippen LogP) is 2.79. The molecule has 1 unspecified atom stereocenters. The van der Waals surface area contributed by atoms with Crippen molar-refractivity contribution in [2.45, 2.75) is 30.2 Å². The van der Waals surface area contributed by atoms with Crippen molar-refractivity contribution >= 4 is 55.6 Å². The Kier molecular flexibility index (Phi) is 11.4. The number of rotatable bonds is 8. The number of nitrogens with one attached hydrogen (secondary N) is 3. The van der Waals surface area contributed by atoms with Crippen LogP contribution in [0.4, 0.5) is 0 Å². The van der Waals surface area contributed by atoms with E-state index in [-0.39, 0.29) is 23.2 Å². The second-order valence-electron chi connectivity index (χ2n) is 9.33. The van der Waals surface area contributed by atoms with Crippen LogP contribution in [0, 0.1) is 11.3 Å². The third-order valence-corrected chi connectivity index (χ3v) is 8.14. The molecule has 1 fully saturated rings. The number of sulfonamides is 1. The molecule has 3 aromatic rings. The second-order valence-corrected chi connectivity index (χ2v) is 11.9. The topological polar surface area (TPSA) is 186 Å². The maximum Gasteiger partial charge on any atom is 0.299 e. The first-order valence-corrected chi connectivity index (χ1v) is 15.3. The van der Waals surface area contributed by atoms with E-state index in [1.807, 2.05) is 24.3 Å². The number of guanidine groups is 1. The Morgan fingerprint density at radius 1 is 1.12 bits per heavy atom. The number of amides is 1. The Balaban J connectivity index is 0.00000103. The molecule has 11 nitrogen and oxygen atoms in total. The average Bonchev–Trinajstić information content (AvgIpc) is 2.92. The van der Waals surface area contributed by atoms with Crippen LogP contribution >= 0.6 is 11.6 Å². The zero-order valence-electron chi connectivity index (χ0n) is 21.5. The van der Waals surface area contributed by atoms with Crippen LogP contribution < -0.4 is 15.8 Å². The molecule has 1 aliphatic heterocycles. The largest absolute Gasteiger partial charge is 0.370 e. The van der Waals surface area contributed by atoms with Crippen molar-refractivity contribution < 1.29 is 26.5 Å². The van der Waals surface area contributed by atoms with Crippen molar-refractivity contribution in [1.29, 1.82) is 5.41 Å². The lowest BCUT2D eigenvalue weighted by atomic mass is 9.98. The lowest BCUT2D eigenvalue weighted by molar-refractivity contribution is -0.122. The highest BCUT2D eigenvalue weighted by molar-refractivity contribution is 7.89. The fourth-order valence-corrected chi connectivity index (χ4v) is 5.81. The smallest absolute Gasteiger partial charge is 0.299 e. The molecule has 216 valence electrons. The fraction of sp³-hybridized carbons (Fsp3) is 0.308. The minimum Gasteiger partial charge on any atom is -0.370 e. The number of carbonyl (C=O) groups excluding carboxylic acids is 1. The van der Waals surface area contributed by atoms with Crippen LogP contribution in [-0.4, -0.2) is 64.2 Å². The first-order chi connectivity index (χ1) is 18.9. The molecule has 4 rings (SSSR count). The summed E-state index contributed by atoms with van der Waals surface area (Å²) in [5, 5.41) is 12.9. The molecule has 40 heavy (non-hydrogen) atoms. The van der Waals surface area contributed by atoms with Gasteiger partial charge in [-0.3, -0.25) is 19.3 Å². The molecular weight excluding hydrogens is 578 g/mol. The highest BCUT2D eigenvalue weighted by Gasteiger charge is 2.28. The standard InChI is InChI=1S/C26H30ClN5O3S.H2O3S/c27-22-10-7-18(8-11-22)14-24(25(33)30-16-19-4-3-13-32(17-19)26(28)29)31-36(34,35)23-12-9-20-5-1-2-6-21(20)15-23;1-4(2)3/h1-2,5-12,15,19,24,31H,3-4,13-14,16-17H2,(H3,28,29)(H,30,33);(H2,1,2,3)/t19?,24-;/m1./s1. The molecule has 0 radical (unpaired) electrons. The number of benzene rings is 3. The van der Waals surface area contributed by atoms with E-state index < -0.39 is 33.3 Å². The number of halogens is 1. The minimum atomic E-state index is -3.98. The molecule has 1 aliphatic rings. The molecule has 0 bridgehead atoms. The van der Waals surface area contributed by atoms with Crippen LogP contribution in [0.2, 0.25) is 5.02 Å². The molecule has 0 aromatic heterocycles. The van der Waals surface area contributed by atoms with Gasteiger partial charge in [0.15, 0.2) is 5.96 Å². The van der Waals surface area contributed by atoms with Crippen molar-refractivity contribution in [2.24, 2.45) is 11.7 Å². The lowest BCUT2D eigenvalue weighted by Gasteiger charge is -2.33. The summed E-state index contributed by atoms with van der Waals surface area (Å²) in [6.45, 7) is 1.68. The van der Waals surface area contributed by atoms with Crippen LogP contribution in [0.25, 0.3) is 10.8 Å². The van der Waals surface area contributed by atoms with Gasteiger partial charge in [0.25, 0.3) is 11.4 Å². The number of hydrogen-bond donors (Lipinski definition) is 6. The monoisotopic (exact) mass is 609 g/mol. The maximum absolute atomic E-state index is 13.3. The van der Waals surface area contributed by atoms with E-state index in [4.69, 9.17) is 36.1 Å². The molecule has 1 heterocycles. The van der Waals surface area contributed by atoms with Crippen LogP contribution in [0.3, 0.4) is 0 Å². The molecular formula is C26H32ClN5O6S2. The summed E-state index contributed by atoms with van der Waals surface area (Å²) in [5.74, 6) is -0.260. The SMILES string of the molecule is N=C(N)N1CCCC(CNC(=O)[C@@H](Cc2ccc(Cl)cc2)NS(=O)(=O)c2ccc3ccccc3c2)C1.O=S(O)O. The van der Waals surface area contributed by atoms with Gasteiger partial charge in [-0.25, -0.2) is 8.42 Å². The summed E-state index contributed by atoms with van der Waals surface area (Å²) in [5.41, 5.74) is 6.40. The number of nitrogens with zero attached hydrogens (tertiary/aromatic N) is 1. The summed E-state index contributed by atoms with van der Waals surface area (Å²) in [6.07, 6.45) is 1.94. The molecule has 3 aromatic carbocycles. The predicted molar refractivity (Wildman–Crippen MR) is 156 cm³/mol. The van der Waals surface area contributed by atoms with E-state index in [1.165, 1.54) is 0 Å². The summed E-state index contributed by atoms with van der Waals surface area (Å²) in [4.78, 5) is 15.1. The number of hydrogen-bond acceptors (Lipinski definition) is 5. The number of fused-ring (bicyclic) bond motifs is 1. The molecule has 0 spiro atoms. The van der Waals surface area contributed by atoms with Gasteiger partial charge in [0.05, 0.1) is 4.90 Å². The van der Waals surface area contributed by atoms with Gasteiger partial charge in [0, 0.05) is 24.7 Å². The Morgan fingerprint density at radius 2 is 1.77 bits per heavy atom. The summed E-state index contributed by atoms with van der Waals surface area (Å²) in [7, 11) is -3.98. The Bertz CT molecular complexity index is 1450. The third-order valence-electron chi connectivity index (χ3n) is 6.42. The van der Waals surface area contributed by atoms with Gasteiger partial charge in [-0.2, -0.15) is 8.93 Å². The minimum absolute atomic E-state index is 0.0230. The lowest BCUT2D eigenvalue weighted by Crippen LogP contribution is -2.51. The molecule has 0 saturated carbocycles. The van der Waals surface area contributed by atoms with Crippen molar-refractivity contribution in [2.75, 3.05) is 19.6 Å².